The van der Waals surface area contributed by atoms with Crippen LogP contribution in [0, 0.1) is 11.3 Å². The Labute approximate surface area is 154 Å². The number of anilines is 1. The molecular weight excluding hydrogens is 324 g/mol. The zero-order valence-electron chi connectivity index (χ0n) is 14.6. The Kier molecular flexibility index (Phi) is 6.02. The zero-order chi connectivity index (χ0) is 18.2. The molecule has 5 heteroatoms. The van der Waals surface area contributed by atoms with E-state index in [-0.39, 0.29) is 6.03 Å². The summed E-state index contributed by atoms with van der Waals surface area (Å²) in [4.78, 5) is 16.5. The molecule has 1 aliphatic heterocycles. The first-order valence-corrected chi connectivity index (χ1v) is 8.75. The molecule has 1 heterocycles. The van der Waals surface area contributed by atoms with Crippen molar-refractivity contribution in [3.8, 4) is 6.07 Å². The van der Waals surface area contributed by atoms with Gasteiger partial charge in [-0.15, -0.1) is 0 Å². The van der Waals surface area contributed by atoms with E-state index in [4.69, 9.17) is 5.26 Å². The summed E-state index contributed by atoms with van der Waals surface area (Å²) < 4.78 is 0. The Bertz CT molecular complexity index is 802. The van der Waals surface area contributed by atoms with Crippen molar-refractivity contribution in [1.29, 1.82) is 5.26 Å². The second-order valence-corrected chi connectivity index (χ2v) is 6.19. The Morgan fingerprint density at radius 1 is 1.04 bits per heavy atom. The summed E-state index contributed by atoms with van der Waals surface area (Å²) in [5.41, 5.74) is 2.24. The monoisotopic (exact) mass is 346 g/mol. The SMILES string of the molecule is N#Cc1ccccc1NC(=O)N1CCN(C/C=C/c2ccccc2)CC1. The summed E-state index contributed by atoms with van der Waals surface area (Å²) in [5, 5.41) is 12.0. The summed E-state index contributed by atoms with van der Waals surface area (Å²) in [5.74, 6) is 0. The lowest BCUT2D eigenvalue weighted by atomic mass is 10.2. The summed E-state index contributed by atoms with van der Waals surface area (Å²) in [6, 6.07) is 19.2. The maximum absolute atomic E-state index is 12.4. The molecule has 3 rings (SSSR count). The highest BCUT2D eigenvalue weighted by Crippen LogP contribution is 2.15. The standard InChI is InChI=1S/C21H22N4O/c22-17-19-10-4-5-11-20(19)23-21(26)25-15-13-24(14-16-25)12-6-9-18-7-2-1-3-8-18/h1-11H,12-16H2,(H,23,26)/b9-6+. The van der Waals surface area contributed by atoms with E-state index in [1.807, 2.05) is 24.3 Å². The van der Waals surface area contributed by atoms with Crippen LogP contribution in [0.25, 0.3) is 6.08 Å². The number of carbonyl (C=O) groups is 1. The third-order valence-corrected chi connectivity index (χ3v) is 4.42. The van der Waals surface area contributed by atoms with E-state index in [0.717, 1.165) is 19.6 Å². The minimum absolute atomic E-state index is 0.146. The van der Waals surface area contributed by atoms with Gasteiger partial charge in [-0.2, -0.15) is 5.26 Å². The van der Waals surface area contributed by atoms with Crippen LogP contribution >= 0.6 is 0 Å². The van der Waals surface area contributed by atoms with Crippen LogP contribution in [0.2, 0.25) is 0 Å². The predicted molar refractivity (Wildman–Crippen MR) is 104 cm³/mol. The maximum atomic E-state index is 12.4. The molecule has 0 unspecified atom stereocenters. The van der Waals surface area contributed by atoms with E-state index < -0.39 is 0 Å². The topological polar surface area (TPSA) is 59.4 Å². The molecule has 0 atom stereocenters. The molecule has 0 saturated carbocycles. The van der Waals surface area contributed by atoms with E-state index in [0.29, 0.717) is 24.3 Å². The zero-order valence-corrected chi connectivity index (χ0v) is 14.6. The molecule has 5 nitrogen and oxygen atoms in total. The lowest BCUT2D eigenvalue weighted by molar-refractivity contribution is 0.156. The van der Waals surface area contributed by atoms with E-state index in [2.05, 4.69) is 40.6 Å². The Morgan fingerprint density at radius 3 is 2.46 bits per heavy atom. The van der Waals surface area contributed by atoms with E-state index in [9.17, 15) is 4.79 Å². The summed E-state index contributed by atoms with van der Waals surface area (Å²) >= 11 is 0. The number of piperazine rings is 1. The van der Waals surface area contributed by atoms with Crippen LogP contribution in [-0.2, 0) is 0 Å². The van der Waals surface area contributed by atoms with Gasteiger partial charge in [0.25, 0.3) is 0 Å². The van der Waals surface area contributed by atoms with Crippen molar-refractivity contribution in [1.82, 2.24) is 9.80 Å². The van der Waals surface area contributed by atoms with Crippen molar-refractivity contribution in [3.05, 3.63) is 71.8 Å². The number of rotatable bonds is 4. The molecule has 0 aromatic heterocycles. The predicted octanol–water partition coefficient (Wildman–Crippen LogP) is 3.42. The van der Waals surface area contributed by atoms with Crippen molar-refractivity contribution >= 4 is 17.8 Å². The lowest BCUT2D eigenvalue weighted by Crippen LogP contribution is -2.50. The van der Waals surface area contributed by atoms with Crippen molar-refractivity contribution in [2.24, 2.45) is 0 Å². The molecule has 2 aromatic carbocycles. The number of nitrogens with zero attached hydrogens (tertiary/aromatic N) is 3. The molecule has 2 aromatic rings. The fraction of sp³-hybridized carbons (Fsp3) is 0.238. The van der Waals surface area contributed by atoms with Crippen LogP contribution in [0.4, 0.5) is 10.5 Å². The average Bonchev–Trinajstić information content (AvgIpc) is 2.70. The van der Waals surface area contributed by atoms with Gasteiger partial charge in [-0.1, -0.05) is 54.6 Å². The Hall–Kier alpha value is -3.10. The number of carbonyl (C=O) groups excluding carboxylic acids is 1. The average molecular weight is 346 g/mol. The number of benzene rings is 2. The van der Waals surface area contributed by atoms with Crippen molar-refractivity contribution < 1.29 is 4.79 Å². The molecule has 0 bridgehead atoms. The van der Waals surface area contributed by atoms with Gasteiger partial charge in [0.2, 0.25) is 0 Å². The minimum Gasteiger partial charge on any atom is -0.322 e. The number of hydrogen-bond donors (Lipinski definition) is 1. The first kappa shape index (κ1) is 17.7. The van der Waals surface area contributed by atoms with Gasteiger partial charge in [-0.05, 0) is 17.7 Å². The normalized spacial score (nSPS) is 15.0. The number of hydrogen-bond acceptors (Lipinski definition) is 3. The molecule has 1 aliphatic rings. The van der Waals surface area contributed by atoms with Gasteiger partial charge in [0, 0.05) is 32.7 Å². The molecule has 1 N–H and O–H groups in total. The number of nitriles is 1. The molecule has 0 radical (unpaired) electrons. The fourth-order valence-corrected chi connectivity index (χ4v) is 2.92. The summed E-state index contributed by atoms with van der Waals surface area (Å²) in [6.07, 6.45) is 4.28. The van der Waals surface area contributed by atoms with Crippen molar-refractivity contribution in [3.63, 3.8) is 0 Å². The lowest BCUT2D eigenvalue weighted by Gasteiger charge is -2.34. The van der Waals surface area contributed by atoms with Crippen LogP contribution in [0.15, 0.2) is 60.7 Å². The van der Waals surface area contributed by atoms with Crippen LogP contribution < -0.4 is 5.32 Å². The number of urea groups is 1. The first-order valence-electron chi connectivity index (χ1n) is 8.75. The Balaban J connectivity index is 1.47. The molecule has 132 valence electrons. The Morgan fingerprint density at radius 2 is 1.73 bits per heavy atom. The van der Waals surface area contributed by atoms with Gasteiger partial charge >= 0.3 is 6.03 Å². The highest BCUT2D eigenvalue weighted by Gasteiger charge is 2.20. The molecule has 0 aliphatic carbocycles. The van der Waals surface area contributed by atoms with Crippen LogP contribution in [0.3, 0.4) is 0 Å². The quantitative estimate of drug-likeness (QED) is 0.923. The molecule has 2 amide bonds. The fourth-order valence-electron chi connectivity index (χ4n) is 2.92. The van der Waals surface area contributed by atoms with E-state index in [1.54, 1.807) is 23.1 Å². The van der Waals surface area contributed by atoms with Crippen molar-refractivity contribution in [2.75, 3.05) is 38.0 Å². The number of para-hydroxylation sites is 1. The molecular formula is C21H22N4O. The maximum Gasteiger partial charge on any atom is 0.321 e. The number of nitrogens with one attached hydrogen (secondary N) is 1. The van der Waals surface area contributed by atoms with Crippen LogP contribution in [0.5, 0.6) is 0 Å². The summed E-state index contributed by atoms with van der Waals surface area (Å²) in [6.45, 7) is 3.92. The van der Waals surface area contributed by atoms with Gasteiger partial charge in [0.05, 0.1) is 11.3 Å². The first-order chi connectivity index (χ1) is 12.8. The van der Waals surface area contributed by atoms with Gasteiger partial charge in [0.1, 0.15) is 6.07 Å². The van der Waals surface area contributed by atoms with Gasteiger partial charge < -0.3 is 10.2 Å². The third-order valence-electron chi connectivity index (χ3n) is 4.42. The molecule has 1 fully saturated rings. The molecule has 1 saturated heterocycles. The van der Waals surface area contributed by atoms with E-state index >= 15 is 0 Å². The van der Waals surface area contributed by atoms with Gasteiger partial charge in [0.15, 0.2) is 0 Å². The summed E-state index contributed by atoms with van der Waals surface area (Å²) in [7, 11) is 0. The smallest absolute Gasteiger partial charge is 0.321 e. The molecule has 0 spiro atoms. The van der Waals surface area contributed by atoms with Crippen molar-refractivity contribution in [2.45, 2.75) is 0 Å². The van der Waals surface area contributed by atoms with Crippen LogP contribution in [-0.4, -0.2) is 48.6 Å². The minimum atomic E-state index is -0.146. The highest BCUT2D eigenvalue weighted by atomic mass is 16.2. The molecule has 26 heavy (non-hydrogen) atoms. The van der Waals surface area contributed by atoms with E-state index in [1.165, 1.54) is 5.56 Å². The van der Waals surface area contributed by atoms with Gasteiger partial charge in [-0.3, -0.25) is 4.90 Å². The third kappa shape index (κ3) is 4.71. The number of amides is 2. The second-order valence-electron chi connectivity index (χ2n) is 6.19. The van der Waals surface area contributed by atoms with Gasteiger partial charge in [-0.25, -0.2) is 4.79 Å². The van der Waals surface area contributed by atoms with Crippen LogP contribution in [0.1, 0.15) is 11.1 Å². The second kappa shape index (κ2) is 8.84. The largest absolute Gasteiger partial charge is 0.322 e. The highest BCUT2D eigenvalue weighted by molar-refractivity contribution is 5.90.